The maximum atomic E-state index is 12.0. The second-order valence-electron chi connectivity index (χ2n) is 4.58. The number of benzene rings is 2. The third-order valence-electron chi connectivity index (χ3n) is 3.02. The lowest BCUT2D eigenvalue weighted by Gasteiger charge is -2.12. The van der Waals surface area contributed by atoms with Crippen LogP contribution < -0.4 is 20.5 Å². The van der Waals surface area contributed by atoms with E-state index in [-0.39, 0.29) is 12.5 Å². The van der Waals surface area contributed by atoms with Crippen LogP contribution in [-0.4, -0.2) is 19.1 Å². The summed E-state index contributed by atoms with van der Waals surface area (Å²) >= 11 is 0. The zero-order valence-corrected chi connectivity index (χ0v) is 12.5. The summed E-state index contributed by atoms with van der Waals surface area (Å²) in [6, 6.07) is 14.7. The minimum Gasteiger partial charge on any atom is -0.490 e. The molecular formula is C17H20N2O3. The molecule has 2 aromatic rings. The molecule has 0 atom stereocenters. The Kier molecular flexibility index (Phi) is 5.80. The number of anilines is 1. The standard InChI is InChI=1S/C17H20N2O3/c1-2-21-15-9-5-6-10-16(15)22-12-17(20)19-14-8-4-3-7-13(14)11-18/h3-10H,2,11-12,18H2,1H3,(H,19,20). The van der Waals surface area contributed by atoms with E-state index in [2.05, 4.69) is 5.32 Å². The van der Waals surface area contributed by atoms with E-state index >= 15 is 0 Å². The number of hydrogen-bond donors (Lipinski definition) is 2. The lowest BCUT2D eigenvalue weighted by Crippen LogP contribution is -2.21. The first kappa shape index (κ1) is 15.9. The summed E-state index contributed by atoms with van der Waals surface area (Å²) in [6.07, 6.45) is 0. The van der Waals surface area contributed by atoms with E-state index in [4.69, 9.17) is 15.2 Å². The second-order valence-corrected chi connectivity index (χ2v) is 4.58. The van der Waals surface area contributed by atoms with Crippen molar-refractivity contribution in [2.24, 2.45) is 5.73 Å². The quantitative estimate of drug-likeness (QED) is 0.824. The Balaban J connectivity index is 1.96. The molecule has 0 saturated heterocycles. The molecule has 0 aliphatic rings. The molecule has 0 aliphatic heterocycles. The van der Waals surface area contributed by atoms with Gasteiger partial charge >= 0.3 is 0 Å². The van der Waals surface area contributed by atoms with E-state index in [1.165, 1.54) is 0 Å². The molecule has 1 amide bonds. The summed E-state index contributed by atoms with van der Waals surface area (Å²) in [6.45, 7) is 2.71. The van der Waals surface area contributed by atoms with Gasteiger partial charge in [-0.05, 0) is 30.7 Å². The van der Waals surface area contributed by atoms with E-state index in [0.29, 0.717) is 30.3 Å². The van der Waals surface area contributed by atoms with Crippen LogP contribution in [0.2, 0.25) is 0 Å². The van der Waals surface area contributed by atoms with Crippen LogP contribution in [0.15, 0.2) is 48.5 Å². The van der Waals surface area contributed by atoms with E-state index in [1.54, 1.807) is 12.1 Å². The number of nitrogens with one attached hydrogen (secondary N) is 1. The molecule has 5 nitrogen and oxygen atoms in total. The number of hydrogen-bond acceptors (Lipinski definition) is 4. The van der Waals surface area contributed by atoms with E-state index in [9.17, 15) is 4.79 Å². The highest BCUT2D eigenvalue weighted by molar-refractivity contribution is 5.92. The van der Waals surface area contributed by atoms with Crippen LogP contribution >= 0.6 is 0 Å². The number of para-hydroxylation sites is 3. The van der Waals surface area contributed by atoms with Gasteiger partial charge in [-0.25, -0.2) is 0 Å². The maximum Gasteiger partial charge on any atom is 0.262 e. The molecule has 116 valence electrons. The molecule has 0 heterocycles. The molecule has 0 unspecified atom stereocenters. The fourth-order valence-corrected chi connectivity index (χ4v) is 1.99. The number of carbonyl (C=O) groups excluding carboxylic acids is 1. The molecular weight excluding hydrogens is 280 g/mol. The maximum absolute atomic E-state index is 12.0. The van der Waals surface area contributed by atoms with Crippen molar-refractivity contribution in [1.82, 2.24) is 0 Å². The second kappa shape index (κ2) is 8.05. The highest BCUT2D eigenvalue weighted by Crippen LogP contribution is 2.26. The number of ether oxygens (including phenoxy) is 2. The highest BCUT2D eigenvalue weighted by Gasteiger charge is 2.09. The van der Waals surface area contributed by atoms with Gasteiger partial charge < -0.3 is 20.5 Å². The van der Waals surface area contributed by atoms with Crippen LogP contribution in [-0.2, 0) is 11.3 Å². The average molecular weight is 300 g/mol. The minimum atomic E-state index is -0.243. The lowest BCUT2D eigenvalue weighted by molar-refractivity contribution is -0.118. The van der Waals surface area contributed by atoms with Gasteiger partial charge in [-0.2, -0.15) is 0 Å². The average Bonchev–Trinajstić information content (AvgIpc) is 2.55. The van der Waals surface area contributed by atoms with Crippen molar-refractivity contribution in [1.29, 1.82) is 0 Å². The highest BCUT2D eigenvalue weighted by atomic mass is 16.5. The summed E-state index contributed by atoms with van der Waals surface area (Å²) in [5.41, 5.74) is 7.23. The van der Waals surface area contributed by atoms with Crippen molar-refractivity contribution in [3.8, 4) is 11.5 Å². The Hall–Kier alpha value is -2.53. The van der Waals surface area contributed by atoms with Crippen LogP contribution in [0.5, 0.6) is 11.5 Å². The van der Waals surface area contributed by atoms with Gasteiger partial charge in [-0.15, -0.1) is 0 Å². The van der Waals surface area contributed by atoms with Crippen LogP contribution in [0.3, 0.4) is 0 Å². The molecule has 5 heteroatoms. The largest absolute Gasteiger partial charge is 0.490 e. The Morgan fingerprint density at radius 1 is 1.05 bits per heavy atom. The van der Waals surface area contributed by atoms with Gasteiger partial charge in [-0.1, -0.05) is 30.3 Å². The third-order valence-corrected chi connectivity index (χ3v) is 3.02. The summed E-state index contributed by atoms with van der Waals surface area (Å²) < 4.78 is 11.0. The van der Waals surface area contributed by atoms with Crippen molar-refractivity contribution in [3.05, 3.63) is 54.1 Å². The van der Waals surface area contributed by atoms with E-state index in [1.807, 2.05) is 43.3 Å². The SMILES string of the molecule is CCOc1ccccc1OCC(=O)Nc1ccccc1CN. The first-order chi connectivity index (χ1) is 10.7. The van der Waals surface area contributed by atoms with Gasteiger partial charge in [0.15, 0.2) is 18.1 Å². The Morgan fingerprint density at radius 3 is 2.36 bits per heavy atom. The molecule has 0 spiro atoms. The smallest absolute Gasteiger partial charge is 0.262 e. The van der Waals surface area contributed by atoms with E-state index < -0.39 is 0 Å². The van der Waals surface area contributed by atoms with Gasteiger partial charge in [0, 0.05) is 12.2 Å². The molecule has 0 aromatic heterocycles. The lowest BCUT2D eigenvalue weighted by atomic mass is 10.2. The van der Waals surface area contributed by atoms with Crippen LogP contribution in [0.1, 0.15) is 12.5 Å². The van der Waals surface area contributed by atoms with Crippen molar-refractivity contribution in [2.45, 2.75) is 13.5 Å². The van der Waals surface area contributed by atoms with Crippen molar-refractivity contribution >= 4 is 11.6 Å². The molecule has 0 saturated carbocycles. The summed E-state index contributed by atoms with van der Waals surface area (Å²) in [4.78, 5) is 12.0. The van der Waals surface area contributed by atoms with Gasteiger partial charge in [-0.3, -0.25) is 4.79 Å². The molecule has 2 aromatic carbocycles. The number of nitrogens with two attached hydrogens (primary N) is 1. The Morgan fingerprint density at radius 2 is 1.68 bits per heavy atom. The number of rotatable bonds is 7. The first-order valence-corrected chi connectivity index (χ1v) is 7.17. The van der Waals surface area contributed by atoms with Gasteiger partial charge in [0.25, 0.3) is 5.91 Å². The Labute approximate surface area is 130 Å². The zero-order chi connectivity index (χ0) is 15.8. The summed E-state index contributed by atoms with van der Waals surface area (Å²) in [5.74, 6) is 0.930. The molecule has 22 heavy (non-hydrogen) atoms. The monoisotopic (exact) mass is 300 g/mol. The predicted molar refractivity (Wildman–Crippen MR) is 86.1 cm³/mol. The zero-order valence-electron chi connectivity index (χ0n) is 12.5. The van der Waals surface area contributed by atoms with Crippen molar-refractivity contribution < 1.29 is 14.3 Å². The molecule has 0 aliphatic carbocycles. The molecule has 0 fully saturated rings. The topological polar surface area (TPSA) is 73.6 Å². The normalized spacial score (nSPS) is 10.1. The molecule has 0 radical (unpaired) electrons. The summed E-state index contributed by atoms with van der Waals surface area (Å²) in [7, 11) is 0. The fourth-order valence-electron chi connectivity index (χ4n) is 1.99. The Bertz CT molecular complexity index is 629. The number of amides is 1. The first-order valence-electron chi connectivity index (χ1n) is 7.17. The molecule has 0 bridgehead atoms. The third kappa shape index (κ3) is 4.23. The van der Waals surface area contributed by atoms with Gasteiger partial charge in [0.1, 0.15) is 0 Å². The minimum absolute atomic E-state index is 0.0943. The fraction of sp³-hybridized carbons (Fsp3) is 0.235. The molecule has 3 N–H and O–H groups in total. The van der Waals surface area contributed by atoms with Gasteiger partial charge in [0.05, 0.1) is 6.61 Å². The van der Waals surface area contributed by atoms with Crippen LogP contribution in [0.4, 0.5) is 5.69 Å². The van der Waals surface area contributed by atoms with Crippen molar-refractivity contribution in [2.75, 3.05) is 18.5 Å². The van der Waals surface area contributed by atoms with E-state index in [0.717, 1.165) is 5.56 Å². The molecule has 2 rings (SSSR count). The van der Waals surface area contributed by atoms with Crippen LogP contribution in [0.25, 0.3) is 0 Å². The summed E-state index contributed by atoms with van der Waals surface area (Å²) in [5, 5.41) is 2.80. The van der Waals surface area contributed by atoms with Crippen molar-refractivity contribution in [3.63, 3.8) is 0 Å². The number of carbonyl (C=O) groups is 1. The predicted octanol–water partition coefficient (Wildman–Crippen LogP) is 2.56. The van der Waals surface area contributed by atoms with Gasteiger partial charge in [0.2, 0.25) is 0 Å². The van der Waals surface area contributed by atoms with Crippen LogP contribution in [0, 0.1) is 0 Å².